The molecule has 3 rings (SSSR count). The molecule has 0 atom stereocenters. The number of benzene rings is 1. The van der Waals surface area contributed by atoms with Gasteiger partial charge in [0.2, 0.25) is 5.95 Å². The Morgan fingerprint density at radius 3 is 2.79 bits per heavy atom. The Hall–Kier alpha value is -1.95. The van der Waals surface area contributed by atoms with E-state index in [0.29, 0.717) is 5.95 Å². The van der Waals surface area contributed by atoms with Gasteiger partial charge < -0.3 is 10.6 Å². The Bertz CT molecular complexity index is 505. The van der Waals surface area contributed by atoms with E-state index in [1.54, 1.807) is 4.68 Å². The summed E-state index contributed by atoms with van der Waals surface area (Å²) in [6.07, 6.45) is 3.73. The molecule has 0 radical (unpaired) electrons. The molecule has 1 aliphatic carbocycles. The predicted molar refractivity (Wildman–Crippen MR) is 73.3 cm³/mol. The number of nitrogens with zero attached hydrogens (tertiary/aromatic N) is 4. The van der Waals surface area contributed by atoms with E-state index in [1.165, 1.54) is 12.8 Å². The summed E-state index contributed by atoms with van der Waals surface area (Å²) in [6, 6.07) is 10.7. The van der Waals surface area contributed by atoms with Crippen molar-refractivity contribution in [3.63, 3.8) is 0 Å². The van der Waals surface area contributed by atoms with Crippen LogP contribution in [0.4, 0.5) is 5.95 Å². The highest BCUT2D eigenvalue weighted by molar-refractivity contribution is 5.38. The van der Waals surface area contributed by atoms with Crippen molar-refractivity contribution in [2.45, 2.75) is 25.3 Å². The van der Waals surface area contributed by atoms with Crippen molar-refractivity contribution in [2.75, 3.05) is 18.4 Å². The fraction of sp³-hybridized carbons (Fsp3) is 0.462. The number of rotatable bonds is 7. The van der Waals surface area contributed by atoms with Gasteiger partial charge in [-0.25, -0.2) is 0 Å². The molecular weight excluding hydrogens is 240 g/mol. The van der Waals surface area contributed by atoms with Crippen LogP contribution in [0.5, 0.6) is 0 Å². The molecule has 0 bridgehead atoms. The van der Waals surface area contributed by atoms with Crippen LogP contribution in [0.2, 0.25) is 0 Å². The molecule has 6 nitrogen and oxygen atoms in total. The van der Waals surface area contributed by atoms with Crippen LogP contribution in [0.15, 0.2) is 30.3 Å². The third-order valence-corrected chi connectivity index (χ3v) is 3.12. The third-order valence-electron chi connectivity index (χ3n) is 3.12. The van der Waals surface area contributed by atoms with Crippen molar-refractivity contribution in [2.24, 2.45) is 0 Å². The summed E-state index contributed by atoms with van der Waals surface area (Å²) in [5.74, 6) is 0.692. The van der Waals surface area contributed by atoms with Crippen LogP contribution in [0.3, 0.4) is 0 Å². The summed E-state index contributed by atoms with van der Waals surface area (Å²) in [7, 11) is 0. The second kappa shape index (κ2) is 5.79. The van der Waals surface area contributed by atoms with Crippen molar-refractivity contribution < 1.29 is 0 Å². The Labute approximate surface area is 112 Å². The number of hydrogen-bond donors (Lipinski definition) is 2. The van der Waals surface area contributed by atoms with E-state index >= 15 is 0 Å². The van der Waals surface area contributed by atoms with Crippen LogP contribution in [0.25, 0.3) is 5.69 Å². The molecule has 0 spiro atoms. The lowest BCUT2D eigenvalue weighted by atomic mass is 10.3. The summed E-state index contributed by atoms with van der Waals surface area (Å²) in [5, 5.41) is 18.5. The molecule has 0 saturated heterocycles. The zero-order chi connectivity index (χ0) is 12.9. The first-order chi connectivity index (χ1) is 9.43. The summed E-state index contributed by atoms with van der Waals surface area (Å²) >= 11 is 0. The zero-order valence-corrected chi connectivity index (χ0v) is 10.8. The first-order valence-electron chi connectivity index (χ1n) is 6.74. The van der Waals surface area contributed by atoms with Gasteiger partial charge in [0.25, 0.3) is 0 Å². The van der Waals surface area contributed by atoms with Crippen LogP contribution in [0, 0.1) is 0 Å². The van der Waals surface area contributed by atoms with Gasteiger partial charge in [0.15, 0.2) is 0 Å². The average molecular weight is 258 g/mol. The van der Waals surface area contributed by atoms with E-state index in [4.69, 9.17) is 0 Å². The standard InChI is InChI=1S/C13H18N6/c1-2-5-12(6-3-1)19-13(16-17-18-19)15-10-4-9-14-11-7-8-11/h1-3,5-6,11,14H,4,7-10H2,(H,15,16,18). The van der Waals surface area contributed by atoms with Gasteiger partial charge in [-0.15, -0.1) is 0 Å². The van der Waals surface area contributed by atoms with Crippen molar-refractivity contribution in [3.05, 3.63) is 30.3 Å². The summed E-state index contributed by atoms with van der Waals surface area (Å²) in [4.78, 5) is 0. The molecule has 1 aromatic carbocycles. The fourth-order valence-corrected chi connectivity index (χ4v) is 1.92. The number of hydrogen-bond acceptors (Lipinski definition) is 5. The Kier molecular flexibility index (Phi) is 3.69. The van der Waals surface area contributed by atoms with Crippen LogP contribution in [-0.2, 0) is 0 Å². The van der Waals surface area contributed by atoms with E-state index in [0.717, 1.165) is 31.2 Å². The average Bonchev–Trinajstić information content (AvgIpc) is 3.16. The molecule has 19 heavy (non-hydrogen) atoms. The maximum absolute atomic E-state index is 4.01. The minimum absolute atomic E-state index is 0.692. The van der Waals surface area contributed by atoms with Crippen LogP contribution < -0.4 is 10.6 Å². The first kappa shape index (κ1) is 12.1. The van der Waals surface area contributed by atoms with Gasteiger partial charge in [-0.2, -0.15) is 4.68 Å². The van der Waals surface area contributed by atoms with E-state index < -0.39 is 0 Å². The minimum atomic E-state index is 0.692. The highest BCUT2D eigenvalue weighted by atomic mass is 15.6. The Morgan fingerprint density at radius 1 is 1.16 bits per heavy atom. The minimum Gasteiger partial charge on any atom is -0.353 e. The summed E-state index contributed by atoms with van der Waals surface area (Å²) < 4.78 is 1.72. The normalized spacial score (nSPS) is 14.5. The molecule has 1 heterocycles. The van der Waals surface area contributed by atoms with Gasteiger partial charge >= 0.3 is 0 Å². The van der Waals surface area contributed by atoms with Gasteiger partial charge in [-0.3, -0.25) is 0 Å². The molecule has 1 aromatic heterocycles. The molecule has 2 N–H and O–H groups in total. The van der Waals surface area contributed by atoms with Crippen LogP contribution >= 0.6 is 0 Å². The van der Waals surface area contributed by atoms with Crippen molar-refractivity contribution >= 4 is 5.95 Å². The second-order valence-electron chi connectivity index (χ2n) is 4.76. The second-order valence-corrected chi connectivity index (χ2v) is 4.76. The topological polar surface area (TPSA) is 67.7 Å². The highest BCUT2D eigenvalue weighted by Gasteiger charge is 2.19. The van der Waals surface area contributed by atoms with Gasteiger partial charge in [-0.05, 0) is 48.4 Å². The highest BCUT2D eigenvalue weighted by Crippen LogP contribution is 2.18. The van der Waals surface area contributed by atoms with Crippen LogP contribution in [0.1, 0.15) is 19.3 Å². The molecule has 2 aromatic rings. The smallest absolute Gasteiger partial charge is 0.247 e. The van der Waals surface area contributed by atoms with E-state index in [2.05, 4.69) is 26.2 Å². The Balaban J connectivity index is 1.51. The predicted octanol–water partition coefficient (Wildman–Crippen LogP) is 1.22. The lowest BCUT2D eigenvalue weighted by Gasteiger charge is -2.07. The molecule has 100 valence electrons. The number of anilines is 1. The molecule has 1 aliphatic rings. The Morgan fingerprint density at radius 2 is 2.00 bits per heavy atom. The van der Waals surface area contributed by atoms with E-state index in [9.17, 15) is 0 Å². The third kappa shape index (κ3) is 3.29. The first-order valence-corrected chi connectivity index (χ1v) is 6.74. The fourth-order valence-electron chi connectivity index (χ4n) is 1.92. The van der Waals surface area contributed by atoms with Gasteiger partial charge in [0, 0.05) is 12.6 Å². The molecular formula is C13H18N6. The summed E-state index contributed by atoms with van der Waals surface area (Å²) in [6.45, 7) is 1.91. The molecule has 0 aliphatic heterocycles. The SMILES string of the molecule is c1ccc(-n2nnnc2NCCCNC2CC2)cc1. The van der Waals surface area contributed by atoms with Crippen molar-refractivity contribution in [3.8, 4) is 5.69 Å². The maximum Gasteiger partial charge on any atom is 0.247 e. The van der Waals surface area contributed by atoms with E-state index in [-0.39, 0.29) is 0 Å². The number of para-hydroxylation sites is 1. The van der Waals surface area contributed by atoms with Gasteiger partial charge in [0.05, 0.1) is 5.69 Å². The van der Waals surface area contributed by atoms with Gasteiger partial charge in [-0.1, -0.05) is 23.3 Å². The number of aromatic nitrogens is 4. The number of nitrogens with one attached hydrogen (secondary N) is 2. The molecule has 1 fully saturated rings. The van der Waals surface area contributed by atoms with Crippen molar-refractivity contribution in [1.29, 1.82) is 0 Å². The molecule has 1 saturated carbocycles. The quantitative estimate of drug-likeness (QED) is 0.731. The van der Waals surface area contributed by atoms with E-state index in [1.807, 2.05) is 30.3 Å². The lowest BCUT2D eigenvalue weighted by molar-refractivity contribution is 0.657. The maximum atomic E-state index is 4.01. The largest absolute Gasteiger partial charge is 0.353 e. The monoisotopic (exact) mass is 258 g/mol. The summed E-state index contributed by atoms with van der Waals surface area (Å²) in [5.41, 5.74) is 0.964. The molecule has 0 unspecified atom stereocenters. The zero-order valence-electron chi connectivity index (χ0n) is 10.8. The molecule has 6 heteroatoms. The lowest BCUT2D eigenvalue weighted by Crippen LogP contribution is -2.20. The van der Waals surface area contributed by atoms with Gasteiger partial charge in [0.1, 0.15) is 0 Å². The van der Waals surface area contributed by atoms with Crippen molar-refractivity contribution in [1.82, 2.24) is 25.5 Å². The molecule has 0 amide bonds. The number of tetrazole rings is 1. The van der Waals surface area contributed by atoms with Crippen LogP contribution in [-0.4, -0.2) is 39.3 Å².